The maximum Gasteiger partial charge on any atom is 0.354 e. The Balaban J connectivity index is 1.89. The van der Waals surface area contributed by atoms with E-state index in [1.165, 1.54) is 42.1 Å². The Bertz CT molecular complexity index is 1320. The van der Waals surface area contributed by atoms with E-state index >= 15 is 0 Å². The van der Waals surface area contributed by atoms with Gasteiger partial charge in [-0.2, -0.15) is 9.40 Å². The number of anilines is 1. The molecule has 2 aromatic heterocycles. The van der Waals surface area contributed by atoms with E-state index in [-0.39, 0.29) is 32.7 Å². The third-order valence-corrected chi connectivity index (χ3v) is 6.24. The number of carboxylic acids is 1. The summed E-state index contributed by atoms with van der Waals surface area (Å²) in [6, 6.07) is 5.60. The summed E-state index contributed by atoms with van der Waals surface area (Å²) < 4.78 is 28.3. The molecule has 11 nitrogen and oxygen atoms in total. The molecule has 0 unspecified atom stereocenters. The van der Waals surface area contributed by atoms with Crippen LogP contribution in [0.4, 0.5) is 5.69 Å². The molecule has 2 heterocycles. The van der Waals surface area contributed by atoms with Crippen molar-refractivity contribution in [2.45, 2.75) is 11.8 Å². The second kappa shape index (κ2) is 7.72. The highest BCUT2D eigenvalue weighted by Gasteiger charge is 2.28. The molecular formula is C18H19N5O6S. The summed E-state index contributed by atoms with van der Waals surface area (Å²) in [6.07, 6.45) is 1.47. The summed E-state index contributed by atoms with van der Waals surface area (Å²) in [5.41, 5.74) is 0.171. The van der Waals surface area contributed by atoms with Gasteiger partial charge in [-0.3, -0.25) is 14.7 Å². The minimum atomic E-state index is -4.17. The number of hydrogen-bond donors (Lipinski definition) is 3. The number of aryl methyl sites for hydroxylation is 2. The molecule has 0 aliphatic heterocycles. The fourth-order valence-corrected chi connectivity index (χ4v) is 4.22. The van der Waals surface area contributed by atoms with Crippen LogP contribution >= 0.6 is 0 Å². The number of benzene rings is 1. The fourth-order valence-electron chi connectivity index (χ4n) is 2.87. The van der Waals surface area contributed by atoms with E-state index in [4.69, 9.17) is 0 Å². The standard InChI is InChI=1S/C18H19N5O6S/c1-10-6-12-16(20-21-17(12)18(26)27)13(7-10)30(28,29)23(3)9-14(24)19-11-4-5-22(2)15(25)8-11/h4-8H,9H2,1-3H3,(H,19,24)(H,20,21)(H,26,27). The fraction of sp³-hybridized carbons (Fsp3) is 0.222. The highest BCUT2D eigenvalue weighted by Crippen LogP contribution is 2.27. The summed E-state index contributed by atoms with van der Waals surface area (Å²) in [5, 5.41) is 18.1. The van der Waals surface area contributed by atoms with Gasteiger partial charge in [0.2, 0.25) is 15.9 Å². The predicted octanol–water partition coefficient (Wildman–Crippen LogP) is 0.527. The number of aromatic nitrogens is 3. The molecule has 0 aliphatic carbocycles. The van der Waals surface area contributed by atoms with Crippen molar-refractivity contribution in [3.63, 3.8) is 0 Å². The second-order valence-electron chi connectivity index (χ2n) is 6.74. The lowest BCUT2D eigenvalue weighted by molar-refractivity contribution is -0.116. The van der Waals surface area contributed by atoms with Crippen molar-refractivity contribution < 1.29 is 23.1 Å². The molecule has 3 rings (SSSR count). The van der Waals surface area contributed by atoms with E-state index in [0.29, 0.717) is 5.56 Å². The number of pyridine rings is 1. The molecule has 0 atom stereocenters. The van der Waals surface area contributed by atoms with Gasteiger partial charge in [-0.1, -0.05) is 0 Å². The van der Waals surface area contributed by atoms with Gasteiger partial charge in [-0.25, -0.2) is 13.2 Å². The summed E-state index contributed by atoms with van der Waals surface area (Å²) >= 11 is 0. The first-order valence-corrected chi connectivity index (χ1v) is 10.1. The maximum absolute atomic E-state index is 13.1. The van der Waals surface area contributed by atoms with Crippen LogP contribution in [0.2, 0.25) is 0 Å². The number of likely N-dealkylation sites (N-methyl/N-ethyl adjacent to an activating group) is 1. The Morgan fingerprint density at radius 2 is 2.00 bits per heavy atom. The number of nitrogens with zero attached hydrogens (tertiary/aromatic N) is 3. The zero-order valence-corrected chi connectivity index (χ0v) is 17.1. The van der Waals surface area contributed by atoms with E-state index in [9.17, 15) is 27.9 Å². The minimum Gasteiger partial charge on any atom is -0.477 e. The van der Waals surface area contributed by atoms with Crippen LogP contribution in [0.15, 0.2) is 40.2 Å². The number of aromatic carboxylic acids is 1. The van der Waals surface area contributed by atoms with Gasteiger partial charge in [-0.15, -0.1) is 0 Å². The van der Waals surface area contributed by atoms with Gasteiger partial charge in [0, 0.05) is 37.4 Å². The Morgan fingerprint density at radius 1 is 1.30 bits per heavy atom. The number of carbonyl (C=O) groups excluding carboxylic acids is 1. The molecule has 0 fully saturated rings. The van der Waals surface area contributed by atoms with Gasteiger partial charge < -0.3 is 15.0 Å². The highest BCUT2D eigenvalue weighted by molar-refractivity contribution is 7.89. The van der Waals surface area contributed by atoms with Gasteiger partial charge in [-0.05, 0) is 30.7 Å². The number of hydrogen-bond acceptors (Lipinski definition) is 6. The monoisotopic (exact) mass is 433 g/mol. The van der Waals surface area contributed by atoms with Crippen LogP contribution < -0.4 is 10.9 Å². The lowest BCUT2D eigenvalue weighted by atomic mass is 10.1. The number of fused-ring (bicyclic) bond motifs is 1. The molecule has 1 aromatic carbocycles. The topological polar surface area (TPSA) is 154 Å². The third kappa shape index (κ3) is 3.95. The number of H-pyrrole nitrogens is 1. The highest BCUT2D eigenvalue weighted by atomic mass is 32.2. The van der Waals surface area contributed by atoms with Crippen LogP contribution in [0.3, 0.4) is 0 Å². The second-order valence-corrected chi connectivity index (χ2v) is 8.75. The molecule has 30 heavy (non-hydrogen) atoms. The van der Waals surface area contributed by atoms with Gasteiger partial charge in [0.15, 0.2) is 5.69 Å². The van der Waals surface area contributed by atoms with Crippen molar-refractivity contribution in [3.8, 4) is 0 Å². The van der Waals surface area contributed by atoms with E-state index in [0.717, 1.165) is 4.31 Å². The smallest absolute Gasteiger partial charge is 0.354 e. The average molecular weight is 433 g/mol. The van der Waals surface area contributed by atoms with Crippen LogP contribution in [-0.2, 0) is 21.9 Å². The summed E-state index contributed by atoms with van der Waals surface area (Å²) in [5.74, 6) is -1.92. The summed E-state index contributed by atoms with van der Waals surface area (Å²) in [6.45, 7) is 1.10. The van der Waals surface area contributed by atoms with Crippen molar-refractivity contribution in [1.82, 2.24) is 19.1 Å². The van der Waals surface area contributed by atoms with Gasteiger partial charge in [0.1, 0.15) is 10.4 Å². The van der Waals surface area contributed by atoms with Crippen LogP contribution in [0.5, 0.6) is 0 Å². The molecule has 0 saturated carbocycles. The van der Waals surface area contributed by atoms with E-state index < -0.39 is 28.4 Å². The molecule has 0 aliphatic rings. The maximum atomic E-state index is 13.1. The zero-order valence-electron chi connectivity index (χ0n) is 16.3. The van der Waals surface area contributed by atoms with Crippen LogP contribution in [0.25, 0.3) is 10.9 Å². The third-order valence-electron chi connectivity index (χ3n) is 4.42. The van der Waals surface area contributed by atoms with Crippen molar-refractivity contribution in [3.05, 3.63) is 52.1 Å². The normalized spacial score (nSPS) is 11.7. The van der Waals surface area contributed by atoms with E-state index in [1.54, 1.807) is 14.0 Å². The molecule has 0 bridgehead atoms. The summed E-state index contributed by atoms with van der Waals surface area (Å²) in [4.78, 5) is 35.1. The first-order valence-electron chi connectivity index (χ1n) is 8.65. The quantitative estimate of drug-likeness (QED) is 0.512. The Labute approximate surface area is 171 Å². The van der Waals surface area contributed by atoms with Crippen molar-refractivity contribution in [2.75, 3.05) is 18.9 Å². The number of sulfonamides is 1. The van der Waals surface area contributed by atoms with E-state index in [2.05, 4.69) is 15.5 Å². The van der Waals surface area contributed by atoms with Crippen LogP contribution in [0, 0.1) is 6.92 Å². The molecule has 1 amide bonds. The summed E-state index contributed by atoms with van der Waals surface area (Å²) in [7, 11) is -1.39. The first kappa shape index (κ1) is 21.2. The Kier molecular flexibility index (Phi) is 5.46. The van der Waals surface area contributed by atoms with Crippen molar-refractivity contribution in [2.24, 2.45) is 7.05 Å². The zero-order chi connectivity index (χ0) is 22.2. The molecule has 12 heteroatoms. The SMILES string of the molecule is Cc1cc(S(=O)(=O)N(C)CC(=O)Nc2ccn(C)c(=O)c2)c2n[nH]c(C(=O)O)c2c1. The number of carbonyl (C=O) groups is 2. The molecular weight excluding hydrogens is 414 g/mol. The first-order chi connectivity index (χ1) is 14.0. The van der Waals surface area contributed by atoms with Crippen molar-refractivity contribution in [1.29, 1.82) is 0 Å². The van der Waals surface area contributed by atoms with E-state index in [1.807, 2.05) is 0 Å². The molecule has 0 radical (unpaired) electrons. The molecule has 0 spiro atoms. The molecule has 0 saturated heterocycles. The van der Waals surface area contributed by atoms with Crippen LogP contribution in [-0.4, -0.2) is 58.1 Å². The Morgan fingerprint density at radius 3 is 2.63 bits per heavy atom. The lowest BCUT2D eigenvalue weighted by Gasteiger charge is -2.17. The predicted molar refractivity (Wildman–Crippen MR) is 108 cm³/mol. The number of amides is 1. The van der Waals surface area contributed by atoms with Crippen molar-refractivity contribution >= 4 is 38.5 Å². The number of rotatable bonds is 6. The molecule has 3 aromatic rings. The minimum absolute atomic E-state index is 0.0307. The van der Waals surface area contributed by atoms with Gasteiger partial charge in [0.25, 0.3) is 5.56 Å². The van der Waals surface area contributed by atoms with Gasteiger partial charge in [0.05, 0.1) is 6.54 Å². The number of nitrogens with one attached hydrogen (secondary N) is 2. The number of aromatic amines is 1. The van der Waals surface area contributed by atoms with Gasteiger partial charge >= 0.3 is 5.97 Å². The van der Waals surface area contributed by atoms with Crippen LogP contribution in [0.1, 0.15) is 16.1 Å². The number of carboxylic acid groups (broad SMARTS) is 1. The lowest BCUT2D eigenvalue weighted by Crippen LogP contribution is -2.35. The molecule has 158 valence electrons. The Hall–Kier alpha value is -3.51. The molecule has 3 N–H and O–H groups in total. The largest absolute Gasteiger partial charge is 0.477 e. The average Bonchev–Trinajstić information content (AvgIpc) is 3.07.